The number of hydrogen-bond acceptors (Lipinski definition) is 5. The second kappa shape index (κ2) is 9.93. The molecule has 29 heavy (non-hydrogen) atoms. The van der Waals surface area contributed by atoms with Gasteiger partial charge < -0.3 is 14.8 Å². The van der Waals surface area contributed by atoms with Gasteiger partial charge in [0.05, 0.1) is 16.0 Å². The molecule has 0 amide bonds. The number of nitro groups is 1. The van der Waals surface area contributed by atoms with Gasteiger partial charge in [-0.2, -0.15) is 0 Å². The summed E-state index contributed by atoms with van der Waals surface area (Å²) in [6, 6.07) is 20.2. The van der Waals surface area contributed by atoms with E-state index < -0.39 is 4.92 Å². The Balaban J connectivity index is 1.71. The molecule has 150 valence electrons. The minimum Gasteiger partial charge on any atom is -0.490 e. The van der Waals surface area contributed by atoms with Crippen LogP contribution in [0.4, 0.5) is 11.4 Å². The van der Waals surface area contributed by atoms with E-state index in [1.165, 1.54) is 12.1 Å². The summed E-state index contributed by atoms with van der Waals surface area (Å²) in [6.07, 6.45) is 0. The summed E-state index contributed by atoms with van der Waals surface area (Å²) in [5, 5.41) is 14.0. The number of non-ortho nitro benzene ring substituents is 1. The van der Waals surface area contributed by atoms with Crippen LogP contribution in [0.1, 0.15) is 18.1 Å². The molecule has 3 rings (SSSR count). The van der Waals surface area contributed by atoms with Crippen LogP contribution in [0.15, 0.2) is 71.2 Å². The summed E-state index contributed by atoms with van der Waals surface area (Å²) in [6.45, 7) is 3.43. The van der Waals surface area contributed by atoms with Crippen molar-refractivity contribution >= 4 is 27.3 Å². The van der Waals surface area contributed by atoms with Crippen LogP contribution < -0.4 is 14.8 Å². The quantitative estimate of drug-likeness (QED) is 0.318. The van der Waals surface area contributed by atoms with E-state index in [2.05, 4.69) is 21.2 Å². The van der Waals surface area contributed by atoms with Crippen LogP contribution >= 0.6 is 15.9 Å². The highest BCUT2D eigenvalue weighted by atomic mass is 79.9. The molecule has 0 saturated carbocycles. The zero-order valence-electron chi connectivity index (χ0n) is 15.9. The highest BCUT2D eigenvalue weighted by Gasteiger charge is 2.13. The Morgan fingerprint density at radius 1 is 1.00 bits per heavy atom. The largest absolute Gasteiger partial charge is 0.490 e. The SMILES string of the molecule is CCOc1cc(CNc2ccc([N+](=O)[O-])cc2)cc(Br)c1OCc1ccccc1. The Hall–Kier alpha value is -3.06. The van der Waals surface area contributed by atoms with Crippen molar-refractivity contribution in [1.82, 2.24) is 0 Å². The monoisotopic (exact) mass is 456 g/mol. The minimum absolute atomic E-state index is 0.0665. The molecule has 0 saturated heterocycles. The smallest absolute Gasteiger partial charge is 0.269 e. The molecule has 0 atom stereocenters. The van der Waals surface area contributed by atoms with Gasteiger partial charge in [-0.15, -0.1) is 0 Å². The van der Waals surface area contributed by atoms with Crippen molar-refractivity contribution in [2.24, 2.45) is 0 Å². The Labute approximate surface area is 177 Å². The molecule has 0 aromatic heterocycles. The Morgan fingerprint density at radius 2 is 1.72 bits per heavy atom. The van der Waals surface area contributed by atoms with Crippen LogP contribution in [-0.4, -0.2) is 11.5 Å². The number of nitrogens with one attached hydrogen (secondary N) is 1. The summed E-state index contributed by atoms with van der Waals surface area (Å²) in [5.74, 6) is 1.33. The number of ether oxygens (including phenoxy) is 2. The van der Waals surface area contributed by atoms with Crippen LogP contribution in [-0.2, 0) is 13.2 Å². The molecule has 7 heteroatoms. The molecule has 0 aliphatic rings. The fraction of sp³-hybridized carbons (Fsp3) is 0.182. The summed E-state index contributed by atoms with van der Waals surface area (Å²) >= 11 is 3.59. The molecule has 0 bridgehead atoms. The summed E-state index contributed by atoms with van der Waals surface area (Å²) < 4.78 is 12.6. The van der Waals surface area contributed by atoms with Gasteiger partial charge in [0.25, 0.3) is 5.69 Å². The van der Waals surface area contributed by atoms with E-state index in [0.717, 1.165) is 21.3 Å². The van der Waals surface area contributed by atoms with Crippen LogP contribution in [0.3, 0.4) is 0 Å². The van der Waals surface area contributed by atoms with Crippen molar-refractivity contribution in [2.75, 3.05) is 11.9 Å². The van der Waals surface area contributed by atoms with E-state index in [9.17, 15) is 10.1 Å². The van der Waals surface area contributed by atoms with Crippen molar-refractivity contribution < 1.29 is 14.4 Å². The number of benzene rings is 3. The molecule has 0 radical (unpaired) electrons. The van der Waals surface area contributed by atoms with E-state index in [1.807, 2.05) is 49.4 Å². The maximum Gasteiger partial charge on any atom is 0.269 e. The fourth-order valence-electron chi connectivity index (χ4n) is 2.76. The normalized spacial score (nSPS) is 10.4. The molecule has 0 aliphatic carbocycles. The summed E-state index contributed by atoms with van der Waals surface area (Å²) in [4.78, 5) is 10.3. The molecule has 6 nitrogen and oxygen atoms in total. The van der Waals surface area contributed by atoms with Crippen molar-refractivity contribution in [3.63, 3.8) is 0 Å². The number of halogens is 1. The molecule has 0 heterocycles. The third kappa shape index (κ3) is 5.71. The fourth-order valence-corrected chi connectivity index (χ4v) is 3.37. The van der Waals surface area contributed by atoms with E-state index >= 15 is 0 Å². The maximum absolute atomic E-state index is 10.8. The van der Waals surface area contributed by atoms with Crippen molar-refractivity contribution in [3.8, 4) is 11.5 Å². The Kier molecular flexibility index (Phi) is 7.08. The first-order chi connectivity index (χ1) is 14.1. The van der Waals surface area contributed by atoms with Crippen LogP contribution in [0.5, 0.6) is 11.5 Å². The van der Waals surface area contributed by atoms with Gasteiger partial charge >= 0.3 is 0 Å². The van der Waals surface area contributed by atoms with Crippen LogP contribution in [0.25, 0.3) is 0 Å². The highest BCUT2D eigenvalue weighted by molar-refractivity contribution is 9.10. The van der Waals surface area contributed by atoms with E-state index in [0.29, 0.717) is 31.3 Å². The zero-order chi connectivity index (χ0) is 20.6. The first-order valence-corrected chi connectivity index (χ1v) is 9.96. The molecule has 0 spiro atoms. The Bertz CT molecular complexity index is 963. The topological polar surface area (TPSA) is 73.6 Å². The minimum atomic E-state index is -0.413. The van der Waals surface area contributed by atoms with Gasteiger partial charge in [0.15, 0.2) is 11.5 Å². The maximum atomic E-state index is 10.8. The lowest BCUT2D eigenvalue weighted by molar-refractivity contribution is -0.384. The first-order valence-electron chi connectivity index (χ1n) is 9.17. The third-order valence-corrected chi connectivity index (χ3v) is 4.76. The van der Waals surface area contributed by atoms with Gasteiger partial charge in [-0.25, -0.2) is 0 Å². The molecule has 3 aromatic rings. The predicted molar refractivity (Wildman–Crippen MR) is 117 cm³/mol. The van der Waals surface area contributed by atoms with Gasteiger partial charge in [-0.1, -0.05) is 30.3 Å². The number of anilines is 1. The van der Waals surface area contributed by atoms with Gasteiger partial charge in [0.2, 0.25) is 0 Å². The van der Waals surface area contributed by atoms with Crippen molar-refractivity contribution in [3.05, 3.63) is 92.4 Å². The average Bonchev–Trinajstić information content (AvgIpc) is 2.73. The number of rotatable bonds is 9. The van der Waals surface area contributed by atoms with Crippen molar-refractivity contribution in [1.29, 1.82) is 0 Å². The molecule has 0 fully saturated rings. The van der Waals surface area contributed by atoms with E-state index in [-0.39, 0.29) is 5.69 Å². The predicted octanol–water partition coefficient (Wildman–Crippen LogP) is 5.95. The lowest BCUT2D eigenvalue weighted by Crippen LogP contribution is -2.04. The number of hydrogen-bond donors (Lipinski definition) is 1. The van der Waals surface area contributed by atoms with Gasteiger partial charge in [-0.05, 0) is 58.2 Å². The van der Waals surface area contributed by atoms with Gasteiger partial charge in [-0.3, -0.25) is 10.1 Å². The molecular weight excluding hydrogens is 436 g/mol. The first kappa shape index (κ1) is 20.7. The van der Waals surface area contributed by atoms with Crippen LogP contribution in [0.2, 0.25) is 0 Å². The second-order valence-electron chi connectivity index (χ2n) is 6.27. The molecule has 0 aliphatic heterocycles. The number of nitrogens with zero attached hydrogens (tertiary/aromatic N) is 1. The Morgan fingerprint density at radius 3 is 2.38 bits per heavy atom. The third-order valence-electron chi connectivity index (χ3n) is 4.17. The van der Waals surface area contributed by atoms with Crippen LogP contribution in [0, 0.1) is 10.1 Å². The van der Waals surface area contributed by atoms with Gasteiger partial charge in [0.1, 0.15) is 6.61 Å². The summed E-state index contributed by atoms with van der Waals surface area (Å²) in [5.41, 5.74) is 2.93. The lowest BCUT2D eigenvalue weighted by Gasteiger charge is -2.16. The average molecular weight is 457 g/mol. The second-order valence-corrected chi connectivity index (χ2v) is 7.12. The number of nitro benzene ring substituents is 1. The standard InChI is InChI=1S/C22H21BrN2O4/c1-2-28-21-13-17(14-24-18-8-10-19(11-9-18)25(26)27)12-20(23)22(21)29-15-16-6-4-3-5-7-16/h3-13,24H,2,14-15H2,1H3. The van der Waals surface area contributed by atoms with Gasteiger partial charge in [0, 0.05) is 24.4 Å². The molecule has 0 unspecified atom stereocenters. The molecule has 3 aromatic carbocycles. The molecule has 1 N–H and O–H groups in total. The van der Waals surface area contributed by atoms with E-state index in [4.69, 9.17) is 9.47 Å². The summed E-state index contributed by atoms with van der Waals surface area (Å²) in [7, 11) is 0. The van der Waals surface area contributed by atoms with Crippen molar-refractivity contribution in [2.45, 2.75) is 20.1 Å². The lowest BCUT2D eigenvalue weighted by atomic mass is 10.2. The highest BCUT2D eigenvalue weighted by Crippen LogP contribution is 2.37. The molecular formula is C22H21BrN2O4. The zero-order valence-corrected chi connectivity index (χ0v) is 17.5. The van der Waals surface area contributed by atoms with E-state index in [1.54, 1.807) is 12.1 Å².